The van der Waals surface area contributed by atoms with E-state index >= 15 is 0 Å². The number of nitrogens with zero attached hydrogens (tertiary/aromatic N) is 4. The maximum Gasteiger partial charge on any atom is 0.414 e. The molecule has 0 aliphatic carbocycles. The fourth-order valence-electron chi connectivity index (χ4n) is 6.63. The van der Waals surface area contributed by atoms with Gasteiger partial charge in [0.05, 0.1) is 13.2 Å². The van der Waals surface area contributed by atoms with Crippen molar-refractivity contribution in [2.45, 2.75) is 52.4 Å². The summed E-state index contributed by atoms with van der Waals surface area (Å²) in [5.74, 6) is -0.172. The Labute approximate surface area is 318 Å². The quantitative estimate of drug-likeness (QED) is 0.0750. The normalized spacial score (nSPS) is 17.2. The Morgan fingerprint density at radius 1 is 0.611 bits per heavy atom. The van der Waals surface area contributed by atoms with Crippen LogP contribution in [-0.4, -0.2) is 84.4 Å². The zero-order chi connectivity index (χ0) is 38.7. The second kappa shape index (κ2) is 22.1. The molecule has 0 spiro atoms. The molecule has 4 heterocycles. The third-order valence-corrected chi connectivity index (χ3v) is 9.42. The molecule has 0 saturated carbocycles. The van der Waals surface area contributed by atoms with Gasteiger partial charge in [-0.15, -0.1) is 0 Å². The third kappa shape index (κ3) is 15.0. The Kier molecular flexibility index (Phi) is 17.0. The van der Waals surface area contributed by atoms with Gasteiger partial charge in [0, 0.05) is 50.4 Å². The molecule has 2 aliphatic heterocycles. The number of carboxylic acids is 2. The van der Waals surface area contributed by atoms with Crippen molar-refractivity contribution in [1.29, 1.82) is 0 Å². The largest absolute Gasteiger partial charge is 0.619 e. The van der Waals surface area contributed by atoms with Crippen molar-refractivity contribution >= 4 is 11.9 Å². The van der Waals surface area contributed by atoms with Crippen LogP contribution in [0.25, 0.3) is 22.3 Å². The average Bonchev–Trinajstić information content (AvgIpc) is 3.17. The van der Waals surface area contributed by atoms with Crippen LogP contribution in [0.4, 0.5) is 0 Å². The first-order valence-electron chi connectivity index (χ1n) is 18.8. The summed E-state index contributed by atoms with van der Waals surface area (Å²) in [4.78, 5) is 23.3. The van der Waals surface area contributed by atoms with Crippen LogP contribution in [0.3, 0.4) is 0 Å². The molecular formula is C42H54N4O8. The Balaban J connectivity index is 0.000000209. The number of rotatable bonds is 12. The van der Waals surface area contributed by atoms with Gasteiger partial charge in [-0.1, -0.05) is 38.1 Å². The molecule has 2 unspecified atom stereocenters. The minimum atomic E-state index is -1.82. The first kappa shape index (κ1) is 41.6. The summed E-state index contributed by atoms with van der Waals surface area (Å²) in [5.41, 5.74) is 4.25. The van der Waals surface area contributed by atoms with Gasteiger partial charge in [0.1, 0.15) is 11.5 Å². The van der Waals surface area contributed by atoms with Crippen molar-refractivity contribution in [2.75, 3.05) is 52.5 Å². The fraction of sp³-hybridized carbons (Fsp3) is 0.429. The molecule has 2 aromatic heterocycles. The van der Waals surface area contributed by atoms with Crippen LogP contribution in [0, 0.1) is 22.3 Å². The number of benzene rings is 2. The molecule has 4 aromatic rings. The second-order valence-corrected chi connectivity index (χ2v) is 14.1. The zero-order valence-electron chi connectivity index (χ0n) is 31.4. The molecule has 2 saturated heterocycles. The highest BCUT2D eigenvalue weighted by Crippen LogP contribution is 2.23. The molecule has 2 fully saturated rings. The molecule has 2 atom stereocenters. The van der Waals surface area contributed by atoms with Crippen molar-refractivity contribution in [3.8, 4) is 33.8 Å². The number of carbonyl (C=O) groups is 2. The van der Waals surface area contributed by atoms with Crippen LogP contribution in [0.15, 0.2) is 97.6 Å². The molecular weight excluding hydrogens is 688 g/mol. The maximum atomic E-state index is 11.1. The Morgan fingerprint density at radius 2 is 0.944 bits per heavy atom. The summed E-state index contributed by atoms with van der Waals surface area (Å²) in [6, 6.07) is 23.4. The number of likely N-dealkylation sites (tertiary alicyclic amines) is 2. The zero-order valence-corrected chi connectivity index (χ0v) is 31.4. The molecule has 0 bridgehead atoms. The highest BCUT2D eigenvalue weighted by molar-refractivity contribution is 6.27. The van der Waals surface area contributed by atoms with E-state index in [0.29, 0.717) is 0 Å². The number of carboxylic acid groups (broad SMARTS) is 2. The first-order valence-corrected chi connectivity index (χ1v) is 18.8. The van der Waals surface area contributed by atoms with Crippen molar-refractivity contribution < 1.29 is 38.7 Å². The highest BCUT2D eigenvalue weighted by atomic mass is 16.5. The van der Waals surface area contributed by atoms with Gasteiger partial charge in [-0.05, 0) is 110 Å². The van der Waals surface area contributed by atoms with E-state index in [9.17, 15) is 10.4 Å². The van der Waals surface area contributed by atoms with E-state index in [4.69, 9.17) is 29.3 Å². The molecule has 2 aliphatic rings. The predicted molar refractivity (Wildman–Crippen MR) is 207 cm³/mol. The van der Waals surface area contributed by atoms with E-state index in [1.165, 1.54) is 76.6 Å². The van der Waals surface area contributed by atoms with Crippen LogP contribution < -0.4 is 18.9 Å². The number of hydrogen-bond acceptors (Lipinski definition) is 8. The lowest BCUT2D eigenvalue weighted by molar-refractivity contribution is -0.605. The third-order valence-electron chi connectivity index (χ3n) is 9.42. The molecule has 6 rings (SSSR count). The van der Waals surface area contributed by atoms with E-state index < -0.39 is 11.9 Å². The summed E-state index contributed by atoms with van der Waals surface area (Å²) in [7, 11) is 0. The molecule has 2 aromatic carbocycles. The smallest absolute Gasteiger partial charge is 0.414 e. The lowest BCUT2D eigenvalue weighted by atomic mass is 10.0. The molecule has 12 nitrogen and oxygen atoms in total. The topological polar surface area (TPSA) is 153 Å². The van der Waals surface area contributed by atoms with E-state index in [1.807, 2.05) is 72.8 Å². The van der Waals surface area contributed by atoms with Gasteiger partial charge in [0.15, 0.2) is 24.8 Å². The summed E-state index contributed by atoms with van der Waals surface area (Å²) in [6.07, 6.45) is 13.6. The van der Waals surface area contributed by atoms with Crippen molar-refractivity contribution in [2.24, 2.45) is 11.8 Å². The van der Waals surface area contributed by atoms with Crippen LogP contribution >= 0.6 is 0 Å². The number of ether oxygens (including phenoxy) is 2. The van der Waals surface area contributed by atoms with Crippen molar-refractivity contribution in [1.82, 2.24) is 9.80 Å². The van der Waals surface area contributed by atoms with Gasteiger partial charge in [0.25, 0.3) is 0 Å². The molecule has 0 amide bonds. The molecule has 54 heavy (non-hydrogen) atoms. The number of aromatic nitrogens is 2. The molecule has 0 radical (unpaired) electrons. The Morgan fingerprint density at radius 3 is 1.26 bits per heavy atom. The van der Waals surface area contributed by atoms with Crippen molar-refractivity contribution in [3.05, 3.63) is 108 Å². The fourth-order valence-corrected chi connectivity index (χ4v) is 6.63. The number of hydrogen-bond donors (Lipinski definition) is 2. The van der Waals surface area contributed by atoms with Crippen molar-refractivity contribution in [3.63, 3.8) is 0 Å². The van der Waals surface area contributed by atoms with Crippen LogP contribution in [0.2, 0.25) is 0 Å². The summed E-state index contributed by atoms with van der Waals surface area (Å²) >= 11 is 0. The molecule has 290 valence electrons. The van der Waals surface area contributed by atoms with E-state index in [0.717, 1.165) is 94.2 Å². The highest BCUT2D eigenvalue weighted by Gasteiger charge is 2.16. The van der Waals surface area contributed by atoms with Gasteiger partial charge in [0.2, 0.25) is 0 Å². The maximum absolute atomic E-state index is 11.1. The van der Waals surface area contributed by atoms with Gasteiger partial charge in [-0.25, -0.2) is 9.59 Å². The van der Waals surface area contributed by atoms with E-state index in [2.05, 4.69) is 23.6 Å². The van der Waals surface area contributed by atoms with Gasteiger partial charge in [-0.3, -0.25) is 0 Å². The molecule has 2 N–H and O–H groups in total. The van der Waals surface area contributed by atoms with Crippen LogP contribution in [-0.2, 0) is 9.59 Å². The van der Waals surface area contributed by atoms with Gasteiger partial charge >= 0.3 is 11.9 Å². The Hall–Kier alpha value is -5.20. The lowest BCUT2D eigenvalue weighted by Crippen LogP contribution is -2.35. The van der Waals surface area contributed by atoms with Crippen LogP contribution in [0.1, 0.15) is 52.4 Å². The predicted octanol–water partition coefficient (Wildman–Crippen LogP) is 6.13. The first-order chi connectivity index (χ1) is 26.0. The minimum Gasteiger partial charge on any atom is -0.619 e. The minimum absolute atomic E-state index is 0.756. The Bertz CT molecular complexity index is 1560. The summed E-state index contributed by atoms with van der Waals surface area (Å²) in [5, 5.41) is 36.9. The SMILES string of the molecule is CC1CCCN(CCCOc2ccc(-c3cc[n+]([O-])cc3)cc2)C1.CC1CCCN(CCCOc2ccc(-c3cc[n+]([O-])cc3)cc2)C1.O=C(O)C(=O)O. The monoisotopic (exact) mass is 742 g/mol. The van der Waals surface area contributed by atoms with E-state index in [-0.39, 0.29) is 0 Å². The van der Waals surface area contributed by atoms with Crippen LogP contribution in [0.5, 0.6) is 11.5 Å². The lowest BCUT2D eigenvalue weighted by Gasteiger charge is -2.30. The van der Waals surface area contributed by atoms with Gasteiger partial charge in [-0.2, -0.15) is 9.46 Å². The number of pyridine rings is 2. The number of piperidine rings is 2. The second-order valence-electron chi connectivity index (χ2n) is 14.1. The summed E-state index contributed by atoms with van der Waals surface area (Å²) in [6.45, 7) is 13.4. The average molecular weight is 743 g/mol. The van der Waals surface area contributed by atoms with Gasteiger partial charge < -0.3 is 39.9 Å². The number of aliphatic carboxylic acids is 2. The standard InChI is InChI=1S/2C20H26N2O2.C2H2O4/c2*1-17-4-2-11-21(16-17)12-3-15-24-20-7-5-18(6-8-20)19-9-13-22(23)14-10-19;3-1(4)2(5)6/h2*5-10,13-14,17H,2-4,11-12,15-16H2,1H3;(H,3,4)(H,5,6). The van der Waals surface area contributed by atoms with E-state index in [1.54, 1.807) is 0 Å². The molecule has 12 heteroatoms. The summed E-state index contributed by atoms with van der Waals surface area (Å²) < 4.78 is 13.3.